The zero-order valence-electron chi connectivity index (χ0n) is 14.4. The summed E-state index contributed by atoms with van der Waals surface area (Å²) in [6.07, 6.45) is 1.18. The molecule has 1 unspecified atom stereocenters. The van der Waals surface area contributed by atoms with Gasteiger partial charge in [-0.15, -0.1) is 0 Å². The topological polar surface area (TPSA) is 127 Å². The number of amides is 3. The molecule has 3 amide bonds. The van der Waals surface area contributed by atoms with Crippen molar-refractivity contribution in [2.24, 2.45) is 17.6 Å². The molecule has 0 saturated carbocycles. The van der Waals surface area contributed by atoms with Crippen molar-refractivity contribution in [2.75, 3.05) is 22.9 Å². The molecule has 0 aromatic heterocycles. The van der Waals surface area contributed by atoms with Crippen LogP contribution in [0.5, 0.6) is 0 Å². The summed E-state index contributed by atoms with van der Waals surface area (Å²) < 4.78 is 0. The van der Waals surface area contributed by atoms with Gasteiger partial charge >= 0.3 is 0 Å². The summed E-state index contributed by atoms with van der Waals surface area (Å²) in [4.78, 5) is 49.4. The molecule has 2 aliphatic heterocycles. The standard InChI is InChI=1S/C17H20N4O5/c1-10-8-15(22)20(17(10)24)12-2-3-13(14(9-12)21(25)26)19-6-4-11(5-7-19)16(18)23/h2-3,9-11H,4-8H2,1H3,(H2,18,23). The maximum absolute atomic E-state index is 12.2. The molecule has 9 nitrogen and oxygen atoms in total. The lowest BCUT2D eigenvalue weighted by molar-refractivity contribution is -0.384. The van der Waals surface area contributed by atoms with Crippen LogP contribution in [0.4, 0.5) is 17.1 Å². The summed E-state index contributed by atoms with van der Waals surface area (Å²) in [6.45, 7) is 2.62. The Hall–Kier alpha value is -2.97. The Balaban J connectivity index is 1.89. The second-order valence-corrected chi connectivity index (χ2v) is 6.77. The highest BCUT2D eigenvalue weighted by Gasteiger charge is 2.38. The van der Waals surface area contributed by atoms with Gasteiger partial charge in [0, 0.05) is 37.4 Å². The Bertz CT molecular complexity index is 785. The van der Waals surface area contributed by atoms with Crippen LogP contribution >= 0.6 is 0 Å². The van der Waals surface area contributed by atoms with Crippen molar-refractivity contribution in [3.8, 4) is 0 Å². The predicted molar refractivity (Wildman–Crippen MR) is 93.5 cm³/mol. The van der Waals surface area contributed by atoms with Gasteiger partial charge in [-0.25, -0.2) is 0 Å². The van der Waals surface area contributed by atoms with E-state index in [1.165, 1.54) is 6.07 Å². The normalized spacial score (nSPS) is 21.3. The molecule has 2 N–H and O–H groups in total. The third kappa shape index (κ3) is 3.12. The molecule has 2 saturated heterocycles. The van der Waals surface area contributed by atoms with Gasteiger partial charge in [-0.1, -0.05) is 6.92 Å². The third-order valence-corrected chi connectivity index (χ3v) is 5.02. The number of benzene rings is 1. The van der Waals surface area contributed by atoms with E-state index in [1.54, 1.807) is 19.1 Å². The minimum Gasteiger partial charge on any atom is -0.369 e. The molecule has 0 radical (unpaired) electrons. The molecule has 26 heavy (non-hydrogen) atoms. The van der Waals surface area contributed by atoms with Crippen molar-refractivity contribution in [1.82, 2.24) is 0 Å². The molecule has 2 fully saturated rings. The maximum atomic E-state index is 12.2. The number of nitro groups is 1. The van der Waals surface area contributed by atoms with Crippen molar-refractivity contribution >= 4 is 34.8 Å². The van der Waals surface area contributed by atoms with Crippen molar-refractivity contribution in [3.05, 3.63) is 28.3 Å². The van der Waals surface area contributed by atoms with Gasteiger partial charge in [0.25, 0.3) is 5.69 Å². The van der Waals surface area contributed by atoms with E-state index in [0.717, 1.165) is 4.90 Å². The summed E-state index contributed by atoms with van der Waals surface area (Å²) in [7, 11) is 0. The van der Waals surface area contributed by atoms with Crippen molar-refractivity contribution < 1.29 is 19.3 Å². The second kappa shape index (κ2) is 6.74. The molecule has 2 aliphatic rings. The Morgan fingerprint density at radius 1 is 1.27 bits per heavy atom. The molecular formula is C17H20N4O5. The number of nitrogens with zero attached hydrogens (tertiary/aromatic N) is 3. The van der Waals surface area contributed by atoms with Crippen LogP contribution in [0, 0.1) is 22.0 Å². The number of anilines is 2. The van der Waals surface area contributed by atoms with E-state index in [4.69, 9.17) is 5.73 Å². The minimum atomic E-state index is -0.520. The van der Waals surface area contributed by atoms with Gasteiger partial charge in [-0.3, -0.25) is 29.4 Å². The van der Waals surface area contributed by atoms with Gasteiger partial charge in [-0.05, 0) is 25.0 Å². The molecule has 0 bridgehead atoms. The van der Waals surface area contributed by atoms with Gasteiger partial charge in [0.1, 0.15) is 5.69 Å². The minimum absolute atomic E-state index is 0.106. The molecule has 9 heteroatoms. The number of nitrogens with two attached hydrogens (primary N) is 1. The van der Waals surface area contributed by atoms with E-state index >= 15 is 0 Å². The first kappa shape index (κ1) is 17.8. The molecule has 0 spiro atoms. The number of rotatable bonds is 4. The van der Waals surface area contributed by atoms with E-state index in [-0.39, 0.29) is 41.4 Å². The maximum Gasteiger partial charge on any atom is 0.294 e. The van der Waals surface area contributed by atoms with E-state index in [1.807, 2.05) is 4.90 Å². The fraction of sp³-hybridized carbons (Fsp3) is 0.471. The summed E-state index contributed by atoms with van der Waals surface area (Å²) >= 11 is 0. The van der Waals surface area contributed by atoms with E-state index in [9.17, 15) is 24.5 Å². The zero-order chi connectivity index (χ0) is 19.0. The van der Waals surface area contributed by atoms with Crippen LogP contribution in [0.15, 0.2) is 18.2 Å². The molecule has 2 heterocycles. The average Bonchev–Trinajstić information content (AvgIpc) is 2.86. The monoisotopic (exact) mass is 360 g/mol. The molecular weight excluding hydrogens is 340 g/mol. The average molecular weight is 360 g/mol. The first-order valence-electron chi connectivity index (χ1n) is 8.49. The molecule has 0 aliphatic carbocycles. The smallest absolute Gasteiger partial charge is 0.294 e. The van der Waals surface area contributed by atoms with Crippen LogP contribution in [0.3, 0.4) is 0 Å². The van der Waals surface area contributed by atoms with Crippen LogP contribution < -0.4 is 15.5 Å². The molecule has 1 aromatic carbocycles. The molecule has 1 aromatic rings. The Morgan fingerprint density at radius 2 is 1.92 bits per heavy atom. The number of imide groups is 1. The fourth-order valence-corrected chi connectivity index (χ4v) is 3.52. The lowest BCUT2D eigenvalue weighted by Gasteiger charge is -2.32. The van der Waals surface area contributed by atoms with Crippen LogP contribution in [-0.4, -0.2) is 35.7 Å². The largest absolute Gasteiger partial charge is 0.369 e. The number of nitro benzene ring substituents is 1. The molecule has 3 rings (SSSR count). The van der Waals surface area contributed by atoms with E-state index < -0.39 is 10.8 Å². The highest BCUT2D eigenvalue weighted by atomic mass is 16.6. The van der Waals surface area contributed by atoms with Crippen LogP contribution in [0.1, 0.15) is 26.2 Å². The first-order chi connectivity index (χ1) is 12.3. The molecule has 1 atom stereocenters. The van der Waals surface area contributed by atoms with Gasteiger partial charge in [0.05, 0.1) is 10.6 Å². The first-order valence-corrected chi connectivity index (χ1v) is 8.49. The number of piperidine rings is 1. The summed E-state index contributed by atoms with van der Waals surface area (Å²) in [5.41, 5.74) is 5.78. The number of hydrogen-bond acceptors (Lipinski definition) is 6. The van der Waals surface area contributed by atoms with Gasteiger partial charge in [0.15, 0.2) is 0 Å². The summed E-state index contributed by atoms with van der Waals surface area (Å²) in [5.74, 6) is -1.69. The Kier molecular flexibility index (Phi) is 4.62. The van der Waals surface area contributed by atoms with Crippen LogP contribution in [0.25, 0.3) is 0 Å². The van der Waals surface area contributed by atoms with Crippen LogP contribution in [0.2, 0.25) is 0 Å². The van der Waals surface area contributed by atoms with Gasteiger partial charge in [-0.2, -0.15) is 0 Å². The third-order valence-electron chi connectivity index (χ3n) is 5.02. The van der Waals surface area contributed by atoms with Gasteiger partial charge in [0.2, 0.25) is 17.7 Å². The second-order valence-electron chi connectivity index (χ2n) is 6.77. The lowest BCUT2D eigenvalue weighted by atomic mass is 9.96. The SMILES string of the molecule is CC1CC(=O)N(c2ccc(N3CCC(C(N)=O)CC3)c([N+](=O)[O-])c2)C1=O. The van der Waals surface area contributed by atoms with Crippen molar-refractivity contribution in [3.63, 3.8) is 0 Å². The van der Waals surface area contributed by atoms with Crippen molar-refractivity contribution in [1.29, 1.82) is 0 Å². The Morgan fingerprint density at radius 3 is 2.42 bits per heavy atom. The summed E-state index contributed by atoms with van der Waals surface area (Å²) in [5, 5.41) is 11.5. The predicted octanol–water partition coefficient (Wildman–Crippen LogP) is 1.20. The van der Waals surface area contributed by atoms with Crippen molar-refractivity contribution in [2.45, 2.75) is 26.2 Å². The fourth-order valence-electron chi connectivity index (χ4n) is 3.52. The number of carbonyl (C=O) groups excluding carboxylic acids is 3. The van der Waals surface area contributed by atoms with Crippen LogP contribution in [-0.2, 0) is 14.4 Å². The van der Waals surface area contributed by atoms with Gasteiger partial charge < -0.3 is 10.6 Å². The number of carbonyl (C=O) groups is 3. The van der Waals surface area contributed by atoms with E-state index in [2.05, 4.69) is 0 Å². The highest BCUT2D eigenvalue weighted by Crippen LogP contribution is 2.36. The molecule has 138 valence electrons. The highest BCUT2D eigenvalue weighted by molar-refractivity contribution is 6.21. The van der Waals surface area contributed by atoms with E-state index in [0.29, 0.717) is 31.6 Å². The quantitative estimate of drug-likeness (QED) is 0.488. The zero-order valence-corrected chi connectivity index (χ0v) is 14.4. The number of hydrogen-bond donors (Lipinski definition) is 1. The lowest BCUT2D eigenvalue weighted by Crippen LogP contribution is -2.38. The summed E-state index contributed by atoms with van der Waals surface area (Å²) in [6, 6.07) is 4.38. The number of primary amides is 1. The Labute approximate surface area is 149 Å².